The Kier molecular flexibility index (Phi) is 7.85. The molecular weight excluding hydrogens is 454 g/mol. The monoisotopic (exact) mass is 493 g/mol. The van der Waals surface area contributed by atoms with Gasteiger partial charge >= 0.3 is 5.97 Å². The maximum absolute atomic E-state index is 14.2. The number of amides is 2. The Morgan fingerprint density at radius 1 is 1.34 bits per heavy atom. The fraction of sp³-hybridized carbons (Fsp3) is 0.800. The van der Waals surface area contributed by atoms with E-state index in [9.17, 15) is 24.6 Å². The number of nitrogens with zero attached hydrogens (tertiary/aromatic N) is 3. The van der Waals surface area contributed by atoms with E-state index < -0.39 is 41.6 Å². The lowest BCUT2D eigenvalue weighted by Crippen LogP contribution is -2.60. The first-order valence-corrected chi connectivity index (χ1v) is 12.8. The van der Waals surface area contributed by atoms with E-state index in [4.69, 9.17) is 9.47 Å². The Balaban J connectivity index is 1.68. The summed E-state index contributed by atoms with van der Waals surface area (Å²) in [5.74, 6) is -3.69. The molecule has 7 atom stereocenters. The first kappa shape index (κ1) is 26.1. The first-order valence-electron chi connectivity index (χ1n) is 12.8. The molecule has 0 radical (unpaired) electrons. The molecule has 10 nitrogen and oxygen atoms in total. The molecule has 2 N–H and O–H groups in total. The van der Waals surface area contributed by atoms with Gasteiger partial charge in [-0.3, -0.25) is 19.3 Å². The standard InChI is InChI=1S/C25H39N3O7/c1-4-8-27(10-9-26-11-13-34-14-12-26)23(31)21-25-7-6-18(35-25)19(24(32)33)20(25)22(30)28(21)17(15-29)16(3)5-2/h4,16-21,29H,1,5-15H2,2-3H3,(H,32,33)/t16-,17-,18+,19-,20-,21+,25-/m0/s1. The molecule has 0 aliphatic carbocycles. The Bertz CT molecular complexity index is 832. The minimum atomic E-state index is -1.18. The van der Waals surface area contributed by atoms with Gasteiger partial charge in [0.15, 0.2) is 0 Å². The zero-order valence-electron chi connectivity index (χ0n) is 20.8. The Morgan fingerprint density at radius 3 is 2.66 bits per heavy atom. The second-order valence-electron chi connectivity index (χ2n) is 10.3. The molecule has 4 heterocycles. The van der Waals surface area contributed by atoms with Crippen molar-refractivity contribution in [2.24, 2.45) is 17.8 Å². The number of ether oxygens (including phenoxy) is 2. The topological polar surface area (TPSA) is 120 Å². The Labute approximate surface area is 206 Å². The van der Waals surface area contributed by atoms with Crippen molar-refractivity contribution in [3.8, 4) is 0 Å². The van der Waals surface area contributed by atoms with Crippen LogP contribution in [0.25, 0.3) is 0 Å². The molecule has 4 aliphatic heterocycles. The van der Waals surface area contributed by atoms with Gasteiger partial charge in [-0.25, -0.2) is 0 Å². The van der Waals surface area contributed by atoms with Gasteiger partial charge in [-0.05, 0) is 18.8 Å². The van der Waals surface area contributed by atoms with E-state index in [2.05, 4.69) is 11.5 Å². The van der Waals surface area contributed by atoms with E-state index in [-0.39, 0.29) is 24.3 Å². The van der Waals surface area contributed by atoms with Crippen LogP contribution in [0.1, 0.15) is 33.1 Å². The van der Waals surface area contributed by atoms with Crippen LogP contribution in [0.3, 0.4) is 0 Å². The van der Waals surface area contributed by atoms with Gasteiger partial charge in [0.05, 0.1) is 43.8 Å². The van der Waals surface area contributed by atoms with Crippen molar-refractivity contribution in [3.63, 3.8) is 0 Å². The van der Waals surface area contributed by atoms with Crippen LogP contribution < -0.4 is 0 Å². The number of aliphatic hydroxyl groups excluding tert-OH is 1. The molecule has 35 heavy (non-hydrogen) atoms. The van der Waals surface area contributed by atoms with Crippen molar-refractivity contribution >= 4 is 17.8 Å². The number of fused-ring (bicyclic) bond motifs is 1. The molecule has 2 amide bonds. The second kappa shape index (κ2) is 10.5. The predicted octanol–water partition coefficient (Wildman–Crippen LogP) is 0.199. The zero-order valence-corrected chi connectivity index (χ0v) is 20.8. The summed E-state index contributed by atoms with van der Waals surface area (Å²) in [7, 11) is 0. The number of aliphatic carboxylic acids is 1. The highest BCUT2D eigenvalue weighted by Crippen LogP contribution is 2.59. The smallest absolute Gasteiger partial charge is 0.310 e. The highest BCUT2D eigenvalue weighted by atomic mass is 16.5. The summed E-state index contributed by atoms with van der Waals surface area (Å²) >= 11 is 0. The summed E-state index contributed by atoms with van der Waals surface area (Å²) in [5.41, 5.74) is -1.18. The van der Waals surface area contributed by atoms with Gasteiger partial charge in [-0.2, -0.15) is 0 Å². The average molecular weight is 494 g/mol. The predicted molar refractivity (Wildman–Crippen MR) is 126 cm³/mol. The van der Waals surface area contributed by atoms with Gasteiger partial charge in [0.25, 0.3) is 0 Å². The van der Waals surface area contributed by atoms with Crippen LogP contribution in [-0.2, 0) is 23.9 Å². The quantitative estimate of drug-likeness (QED) is 0.392. The van der Waals surface area contributed by atoms with Crippen molar-refractivity contribution in [3.05, 3.63) is 12.7 Å². The van der Waals surface area contributed by atoms with E-state index in [0.29, 0.717) is 52.1 Å². The van der Waals surface area contributed by atoms with Crippen molar-refractivity contribution in [2.75, 3.05) is 52.5 Å². The molecular formula is C25H39N3O7. The van der Waals surface area contributed by atoms with Crippen molar-refractivity contribution in [2.45, 2.75) is 56.9 Å². The van der Waals surface area contributed by atoms with Crippen LogP contribution >= 0.6 is 0 Å². The number of hydrogen-bond donors (Lipinski definition) is 2. The lowest BCUT2D eigenvalue weighted by Gasteiger charge is -2.41. The lowest BCUT2D eigenvalue weighted by molar-refractivity contribution is -0.154. The number of rotatable bonds is 11. The van der Waals surface area contributed by atoms with E-state index in [1.165, 1.54) is 4.90 Å². The SMILES string of the molecule is C=CCN(CCN1CCOCC1)C(=O)[C@H]1N([C@@H](CO)[C@@H](C)CC)C(=O)[C@@H]2[C@@H](C(=O)O)[C@H]3CC[C@]21O3. The molecule has 196 valence electrons. The highest BCUT2D eigenvalue weighted by molar-refractivity contribution is 5.98. The van der Waals surface area contributed by atoms with Crippen molar-refractivity contribution < 1.29 is 34.1 Å². The van der Waals surface area contributed by atoms with Gasteiger partial charge < -0.3 is 29.5 Å². The number of carboxylic acid groups (broad SMARTS) is 1. The van der Waals surface area contributed by atoms with Crippen molar-refractivity contribution in [1.82, 2.24) is 14.7 Å². The van der Waals surface area contributed by atoms with Crippen LogP contribution in [0.4, 0.5) is 0 Å². The molecule has 0 aromatic carbocycles. The summed E-state index contributed by atoms with van der Waals surface area (Å²) in [6.07, 6.45) is 2.75. The van der Waals surface area contributed by atoms with E-state index in [1.54, 1.807) is 11.0 Å². The van der Waals surface area contributed by atoms with E-state index >= 15 is 0 Å². The van der Waals surface area contributed by atoms with Crippen LogP contribution in [-0.4, -0.2) is 119 Å². The molecule has 0 aromatic heterocycles. The number of carbonyl (C=O) groups excluding carboxylic acids is 2. The summed E-state index contributed by atoms with van der Waals surface area (Å²) in [6, 6.07) is -1.56. The minimum absolute atomic E-state index is 0.0730. The molecule has 0 unspecified atom stereocenters. The molecule has 4 aliphatic rings. The second-order valence-corrected chi connectivity index (χ2v) is 10.3. The number of carbonyl (C=O) groups is 3. The van der Waals surface area contributed by atoms with E-state index in [1.807, 2.05) is 13.8 Å². The number of morpholine rings is 1. The molecule has 10 heteroatoms. The normalized spacial score (nSPS) is 34.0. The molecule has 1 spiro atoms. The average Bonchev–Trinajstić information content (AvgIpc) is 3.50. The van der Waals surface area contributed by atoms with E-state index in [0.717, 1.165) is 13.1 Å². The Hall–Kier alpha value is -2.01. The van der Waals surface area contributed by atoms with Crippen molar-refractivity contribution in [1.29, 1.82) is 0 Å². The fourth-order valence-corrected chi connectivity index (χ4v) is 6.53. The third-order valence-electron chi connectivity index (χ3n) is 8.55. The number of likely N-dealkylation sites (tertiary alicyclic amines) is 1. The minimum Gasteiger partial charge on any atom is -0.481 e. The largest absolute Gasteiger partial charge is 0.481 e. The first-order chi connectivity index (χ1) is 16.8. The molecule has 4 rings (SSSR count). The zero-order chi connectivity index (χ0) is 25.3. The third kappa shape index (κ3) is 4.39. The lowest BCUT2D eigenvalue weighted by atomic mass is 9.70. The summed E-state index contributed by atoms with van der Waals surface area (Å²) in [4.78, 5) is 45.7. The maximum Gasteiger partial charge on any atom is 0.310 e. The molecule has 2 bridgehead atoms. The molecule has 0 aromatic rings. The molecule has 4 fully saturated rings. The third-order valence-corrected chi connectivity index (χ3v) is 8.55. The maximum atomic E-state index is 14.2. The van der Waals surface area contributed by atoms with Crippen LogP contribution in [0.2, 0.25) is 0 Å². The summed E-state index contributed by atoms with van der Waals surface area (Å²) in [5, 5.41) is 20.3. The number of hydrogen-bond acceptors (Lipinski definition) is 7. The van der Waals surface area contributed by atoms with Gasteiger partial charge in [-0.1, -0.05) is 26.3 Å². The summed E-state index contributed by atoms with van der Waals surface area (Å²) in [6.45, 7) is 11.7. The van der Waals surface area contributed by atoms with Crippen LogP contribution in [0, 0.1) is 17.8 Å². The molecule has 4 saturated heterocycles. The van der Waals surface area contributed by atoms with Gasteiger partial charge in [0.2, 0.25) is 11.8 Å². The van der Waals surface area contributed by atoms with Crippen LogP contribution in [0.15, 0.2) is 12.7 Å². The van der Waals surface area contributed by atoms with Gasteiger partial charge in [0.1, 0.15) is 11.6 Å². The molecule has 0 saturated carbocycles. The summed E-state index contributed by atoms with van der Waals surface area (Å²) < 4.78 is 11.7. The fourth-order valence-electron chi connectivity index (χ4n) is 6.53. The van der Waals surface area contributed by atoms with Crippen LogP contribution in [0.5, 0.6) is 0 Å². The Morgan fingerprint density at radius 2 is 2.06 bits per heavy atom. The van der Waals surface area contributed by atoms with Gasteiger partial charge in [0, 0.05) is 32.7 Å². The van der Waals surface area contributed by atoms with Gasteiger partial charge in [-0.15, -0.1) is 6.58 Å². The number of carboxylic acids is 1. The highest BCUT2D eigenvalue weighted by Gasteiger charge is 2.75. The number of aliphatic hydroxyl groups is 1.